The summed E-state index contributed by atoms with van der Waals surface area (Å²) in [5.41, 5.74) is 1.84. The minimum atomic E-state index is -0.172. The normalized spacial score (nSPS) is 23.7. The van der Waals surface area contributed by atoms with Gasteiger partial charge in [-0.05, 0) is 30.6 Å². The molecule has 1 unspecified atom stereocenters. The molecule has 0 aliphatic heterocycles. The third kappa shape index (κ3) is 2.83. The van der Waals surface area contributed by atoms with Crippen molar-refractivity contribution in [3.05, 3.63) is 11.6 Å². The van der Waals surface area contributed by atoms with Crippen LogP contribution < -0.4 is 0 Å². The zero-order valence-corrected chi connectivity index (χ0v) is 10.3. The van der Waals surface area contributed by atoms with Crippen molar-refractivity contribution in [3.8, 4) is 0 Å². The molecule has 0 amide bonds. The lowest BCUT2D eigenvalue weighted by molar-refractivity contribution is -0.141. The van der Waals surface area contributed by atoms with Crippen molar-refractivity contribution >= 4 is 5.97 Å². The van der Waals surface area contributed by atoms with Gasteiger partial charge in [0.15, 0.2) is 0 Å². The molecule has 0 radical (unpaired) electrons. The van der Waals surface area contributed by atoms with Crippen molar-refractivity contribution < 1.29 is 9.53 Å². The summed E-state index contributed by atoms with van der Waals surface area (Å²) in [5, 5.41) is 0. The van der Waals surface area contributed by atoms with Crippen LogP contribution in [0.25, 0.3) is 0 Å². The lowest BCUT2D eigenvalue weighted by Crippen LogP contribution is -2.23. The summed E-state index contributed by atoms with van der Waals surface area (Å²) < 4.78 is 5.00. The molecule has 0 aromatic carbocycles. The van der Waals surface area contributed by atoms with Gasteiger partial charge in [-0.15, -0.1) is 0 Å². The van der Waals surface area contributed by atoms with Gasteiger partial charge in [-0.1, -0.05) is 32.4 Å². The standard InChI is InChI=1S/C13H22O2/c1-5-11-6-7-12(13(11,3)4)8-9-15-10(2)14/h6,12H,5,7-9H2,1-4H3. The first-order valence-electron chi connectivity index (χ1n) is 5.81. The SMILES string of the molecule is CCC1=CCC(CCOC(C)=O)C1(C)C. The molecule has 0 saturated carbocycles. The highest BCUT2D eigenvalue weighted by atomic mass is 16.5. The maximum absolute atomic E-state index is 10.7. The fourth-order valence-electron chi connectivity index (χ4n) is 2.53. The molecule has 0 N–H and O–H groups in total. The number of allylic oxidation sites excluding steroid dienone is 2. The Bertz CT molecular complexity index is 264. The number of ether oxygens (including phenoxy) is 1. The molecule has 0 aromatic heterocycles. The lowest BCUT2D eigenvalue weighted by atomic mass is 9.75. The first-order chi connectivity index (χ1) is 6.98. The molecule has 0 bridgehead atoms. The van der Waals surface area contributed by atoms with Gasteiger partial charge in [0.05, 0.1) is 6.61 Å². The fraction of sp³-hybridized carbons (Fsp3) is 0.769. The summed E-state index contributed by atoms with van der Waals surface area (Å²) in [6.07, 6.45) is 5.61. The second-order valence-corrected chi connectivity index (χ2v) is 4.87. The summed E-state index contributed by atoms with van der Waals surface area (Å²) >= 11 is 0. The Morgan fingerprint density at radius 1 is 1.60 bits per heavy atom. The summed E-state index contributed by atoms with van der Waals surface area (Å²) in [4.78, 5) is 10.7. The molecular weight excluding hydrogens is 188 g/mol. The summed E-state index contributed by atoms with van der Waals surface area (Å²) in [5.74, 6) is 0.460. The van der Waals surface area contributed by atoms with Gasteiger partial charge in [-0.25, -0.2) is 0 Å². The van der Waals surface area contributed by atoms with E-state index < -0.39 is 0 Å². The molecule has 1 aliphatic rings. The first kappa shape index (κ1) is 12.3. The van der Waals surface area contributed by atoms with Crippen LogP contribution in [0.1, 0.15) is 47.0 Å². The van der Waals surface area contributed by atoms with Crippen molar-refractivity contribution in [2.24, 2.45) is 11.3 Å². The van der Waals surface area contributed by atoms with Crippen molar-refractivity contribution in [1.82, 2.24) is 0 Å². The van der Waals surface area contributed by atoms with E-state index in [0.29, 0.717) is 12.5 Å². The molecule has 1 aliphatic carbocycles. The summed E-state index contributed by atoms with van der Waals surface area (Å²) in [7, 11) is 0. The predicted molar refractivity (Wildman–Crippen MR) is 61.5 cm³/mol. The monoisotopic (exact) mass is 210 g/mol. The van der Waals surface area contributed by atoms with Crippen LogP contribution in [0.5, 0.6) is 0 Å². The van der Waals surface area contributed by atoms with E-state index in [0.717, 1.165) is 19.3 Å². The average molecular weight is 210 g/mol. The van der Waals surface area contributed by atoms with Gasteiger partial charge in [0, 0.05) is 6.92 Å². The van der Waals surface area contributed by atoms with Crippen LogP contribution in [0.4, 0.5) is 0 Å². The second-order valence-electron chi connectivity index (χ2n) is 4.87. The summed E-state index contributed by atoms with van der Waals surface area (Å²) in [6, 6.07) is 0. The Morgan fingerprint density at radius 2 is 2.27 bits per heavy atom. The van der Waals surface area contributed by atoms with E-state index in [9.17, 15) is 4.79 Å². The molecule has 0 heterocycles. The van der Waals surface area contributed by atoms with Crippen molar-refractivity contribution in [2.75, 3.05) is 6.61 Å². The van der Waals surface area contributed by atoms with Crippen LogP contribution in [0.2, 0.25) is 0 Å². The quantitative estimate of drug-likeness (QED) is 0.525. The maximum Gasteiger partial charge on any atom is 0.302 e. The van der Waals surface area contributed by atoms with E-state index in [1.807, 2.05) is 0 Å². The van der Waals surface area contributed by atoms with Crippen molar-refractivity contribution in [2.45, 2.75) is 47.0 Å². The number of carbonyl (C=O) groups excluding carboxylic acids is 1. The molecule has 2 nitrogen and oxygen atoms in total. The van der Waals surface area contributed by atoms with Crippen LogP contribution in [-0.2, 0) is 9.53 Å². The van der Waals surface area contributed by atoms with Gasteiger partial charge >= 0.3 is 5.97 Å². The van der Waals surface area contributed by atoms with E-state index in [-0.39, 0.29) is 11.4 Å². The van der Waals surface area contributed by atoms with E-state index in [2.05, 4.69) is 26.8 Å². The van der Waals surface area contributed by atoms with Crippen molar-refractivity contribution in [1.29, 1.82) is 0 Å². The molecule has 0 aromatic rings. The number of esters is 1. The number of carbonyl (C=O) groups is 1. The van der Waals surface area contributed by atoms with Gasteiger partial charge in [-0.2, -0.15) is 0 Å². The van der Waals surface area contributed by atoms with Crippen molar-refractivity contribution in [3.63, 3.8) is 0 Å². The molecule has 0 fully saturated rings. The highest BCUT2D eigenvalue weighted by Gasteiger charge is 2.35. The average Bonchev–Trinajstić information content (AvgIpc) is 2.41. The Hall–Kier alpha value is -0.790. The van der Waals surface area contributed by atoms with E-state index in [1.165, 1.54) is 6.92 Å². The molecular formula is C13H22O2. The van der Waals surface area contributed by atoms with Crippen LogP contribution in [0, 0.1) is 11.3 Å². The molecule has 0 spiro atoms. The minimum absolute atomic E-state index is 0.172. The zero-order valence-electron chi connectivity index (χ0n) is 10.3. The Labute approximate surface area is 92.7 Å². The third-order valence-electron chi connectivity index (χ3n) is 3.65. The van der Waals surface area contributed by atoms with Crippen LogP contribution in [0.3, 0.4) is 0 Å². The second kappa shape index (κ2) is 4.82. The number of rotatable bonds is 4. The molecule has 2 heteroatoms. The van der Waals surface area contributed by atoms with Gasteiger partial charge in [0.2, 0.25) is 0 Å². The topological polar surface area (TPSA) is 26.3 Å². The van der Waals surface area contributed by atoms with E-state index >= 15 is 0 Å². The lowest BCUT2D eigenvalue weighted by Gasteiger charge is -2.30. The van der Waals surface area contributed by atoms with E-state index in [1.54, 1.807) is 5.57 Å². The third-order valence-corrected chi connectivity index (χ3v) is 3.65. The van der Waals surface area contributed by atoms with Crippen LogP contribution in [-0.4, -0.2) is 12.6 Å². The minimum Gasteiger partial charge on any atom is -0.466 e. The summed E-state index contributed by atoms with van der Waals surface area (Å²) in [6.45, 7) is 8.84. The number of hydrogen-bond acceptors (Lipinski definition) is 2. The first-order valence-corrected chi connectivity index (χ1v) is 5.81. The van der Waals surface area contributed by atoms with E-state index in [4.69, 9.17) is 4.74 Å². The Balaban J connectivity index is 2.43. The Kier molecular flexibility index (Phi) is 3.95. The highest BCUT2D eigenvalue weighted by molar-refractivity contribution is 5.65. The molecule has 86 valence electrons. The smallest absolute Gasteiger partial charge is 0.302 e. The van der Waals surface area contributed by atoms with Gasteiger partial charge in [0.1, 0.15) is 0 Å². The van der Waals surface area contributed by atoms with Gasteiger partial charge in [0.25, 0.3) is 0 Å². The molecule has 1 rings (SSSR count). The van der Waals surface area contributed by atoms with Crippen LogP contribution in [0.15, 0.2) is 11.6 Å². The molecule has 15 heavy (non-hydrogen) atoms. The largest absolute Gasteiger partial charge is 0.466 e. The zero-order chi connectivity index (χ0) is 11.5. The van der Waals surface area contributed by atoms with Crippen LogP contribution >= 0.6 is 0 Å². The fourth-order valence-corrected chi connectivity index (χ4v) is 2.53. The highest BCUT2D eigenvalue weighted by Crippen LogP contribution is 2.46. The predicted octanol–water partition coefficient (Wildman–Crippen LogP) is 3.32. The number of hydrogen-bond donors (Lipinski definition) is 0. The molecule has 0 saturated heterocycles. The molecule has 1 atom stereocenters. The Morgan fingerprint density at radius 3 is 2.73 bits per heavy atom. The van der Waals surface area contributed by atoms with Gasteiger partial charge < -0.3 is 4.74 Å². The maximum atomic E-state index is 10.7. The van der Waals surface area contributed by atoms with Gasteiger partial charge in [-0.3, -0.25) is 4.79 Å².